The van der Waals surface area contributed by atoms with Crippen LogP contribution in [0.4, 0.5) is 0 Å². The summed E-state index contributed by atoms with van der Waals surface area (Å²) in [4.78, 5) is 15.3. The van der Waals surface area contributed by atoms with E-state index in [1.165, 1.54) is 24.5 Å². The minimum absolute atomic E-state index is 0.0209. The molecule has 3 rings (SSSR count). The molecule has 1 aromatic carbocycles. The van der Waals surface area contributed by atoms with Gasteiger partial charge in [-0.3, -0.25) is 4.68 Å². The summed E-state index contributed by atoms with van der Waals surface area (Å²) in [6, 6.07) is 3.98. The van der Waals surface area contributed by atoms with Gasteiger partial charge in [0.05, 0.1) is 22.9 Å². The van der Waals surface area contributed by atoms with Gasteiger partial charge in [0.2, 0.25) is 9.84 Å². The highest BCUT2D eigenvalue weighted by Gasteiger charge is 2.23. The van der Waals surface area contributed by atoms with Gasteiger partial charge < -0.3 is 10.8 Å². The van der Waals surface area contributed by atoms with E-state index in [1.54, 1.807) is 17.9 Å². The van der Waals surface area contributed by atoms with Crippen molar-refractivity contribution in [2.24, 2.45) is 12.8 Å². The number of rotatable bonds is 5. The van der Waals surface area contributed by atoms with Gasteiger partial charge in [-0.2, -0.15) is 5.10 Å². The SMILES string of the molecule is Cn1cc(-c2cc(C(=O)O)cc(S(=O)(=O)c3cnc(CN)s3)c2)cn1. The van der Waals surface area contributed by atoms with Crippen LogP contribution in [0.3, 0.4) is 0 Å². The van der Waals surface area contributed by atoms with E-state index in [9.17, 15) is 18.3 Å². The number of aromatic carboxylic acids is 1. The summed E-state index contributed by atoms with van der Waals surface area (Å²) in [5.74, 6) is -1.21. The van der Waals surface area contributed by atoms with Gasteiger partial charge in [-0.15, -0.1) is 11.3 Å². The van der Waals surface area contributed by atoms with E-state index < -0.39 is 15.8 Å². The Kier molecular flexibility index (Phi) is 4.41. The zero-order valence-corrected chi connectivity index (χ0v) is 14.7. The van der Waals surface area contributed by atoms with Crippen LogP contribution in [0, 0.1) is 0 Å². The second-order valence-electron chi connectivity index (χ2n) is 5.23. The van der Waals surface area contributed by atoms with Crippen LogP contribution < -0.4 is 5.73 Å². The third-order valence-corrected chi connectivity index (χ3v) is 6.69. The van der Waals surface area contributed by atoms with Gasteiger partial charge in [-0.1, -0.05) is 0 Å². The fourth-order valence-electron chi connectivity index (χ4n) is 2.24. The normalized spacial score (nSPS) is 11.6. The lowest BCUT2D eigenvalue weighted by Crippen LogP contribution is -2.04. The number of nitrogens with two attached hydrogens (primary N) is 1. The first kappa shape index (κ1) is 17.3. The van der Waals surface area contributed by atoms with Crippen molar-refractivity contribution in [2.75, 3.05) is 0 Å². The first-order chi connectivity index (χ1) is 11.8. The topological polar surface area (TPSA) is 128 Å². The molecule has 8 nitrogen and oxygen atoms in total. The maximum absolute atomic E-state index is 12.8. The maximum Gasteiger partial charge on any atom is 0.335 e. The number of aromatic nitrogens is 3. The average Bonchev–Trinajstić information content (AvgIpc) is 3.23. The molecule has 0 atom stereocenters. The number of thiazole rings is 1. The van der Waals surface area contributed by atoms with Crippen molar-refractivity contribution in [2.45, 2.75) is 15.6 Å². The molecule has 130 valence electrons. The number of hydrogen-bond donors (Lipinski definition) is 2. The Morgan fingerprint density at radius 1 is 1.28 bits per heavy atom. The van der Waals surface area contributed by atoms with Gasteiger partial charge in [-0.05, 0) is 23.8 Å². The Hall–Kier alpha value is -2.56. The van der Waals surface area contributed by atoms with Crippen LogP contribution in [0.1, 0.15) is 15.4 Å². The third-order valence-electron chi connectivity index (χ3n) is 3.47. The molecule has 0 aliphatic heterocycles. The van der Waals surface area contributed by atoms with E-state index in [0.29, 0.717) is 16.1 Å². The zero-order chi connectivity index (χ0) is 18.2. The lowest BCUT2D eigenvalue weighted by molar-refractivity contribution is 0.0696. The van der Waals surface area contributed by atoms with Crippen LogP contribution in [-0.2, 0) is 23.4 Å². The molecule has 0 aliphatic carbocycles. The highest BCUT2D eigenvalue weighted by Crippen LogP contribution is 2.30. The lowest BCUT2D eigenvalue weighted by atomic mass is 10.1. The van der Waals surface area contributed by atoms with Crippen LogP contribution >= 0.6 is 11.3 Å². The van der Waals surface area contributed by atoms with Crippen LogP contribution in [0.15, 0.2) is 45.9 Å². The molecule has 0 radical (unpaired) electrons. The van der Waals surface area contributed by atoms with Crippen molar-refractivity contribution < 1.29 is 18.3 Å². The van der Waals surface area contributed by atoms with Gasteiger partial charge in [0.15, 0.2) is 0 Å². The number of aryl methyl sites for hydroxylation is 1. The number of nitrogens with zero attached hydrogens (tertiary/aromatic N) is 3. The molecule has 0 unspecified atom stereocenters. The molecule has 0 saturated heterocycles. The molecule has 0 bridgehead atoms. The zero-order valence-electron chi connectivity index (χ0n) is 13.1. The summed E-state index contributed by atoms with van der Waals surface area (Å²) >= 11 is 0.967. The van der Waals surface area contributed by atoms with Gasteiger partial charge >= 0.3 is 5.97 Å². The third kappa shape index (κ3) is 3.31. The number of benzene rings is 1. The minimum Gasteiger partial charge on any atom is -0.478 e. The van der Waals surface area contributed by atoms with E-state index >= 15 is 0 Å². The second-order valence-corrected chi connectivity index (χ2v) is 8.53. The Bertz CT molecular complexity index is 1050. The molecular weight excluding hydrogens is 364 g/mol. The predicted octanol–water partition coefficient (Wildman–Crippen LogP) is 1.53. The van der Waals surface area contributed by atoms with E-state index in [1.807, 2.05) is 0 Å². The first-order valence-electron chi connectivity index (χ1n) is 7.08. The molecule has 0 aliphatic rings. The summed E-state index contributed by atoms with van der Waals surface area (Å²) in [6.07, 6.45) is 4.45. The van der Waals surface area contributed by atoms with Crippen LogP contribution in [0.5, 0.6) is 0 Å². The van der Waals surface area contributed by atoms with Gasteiger partial charge in [-0.25, -0.2) is 18.2 Å². The average molecular weight is 378 g/mol. The van der Waals surface area contributed by atoms with Crippen molar-refractivity contribution >= 4 is 27.1 Å². The smallest absolute Gasteiger partial charge is 0.335 e. The first-order valence-corrected chi connectivity index (χ1v) is 9.38. The van der Waals surface area contributed by atoms with E-state index in [-0.39, 0.29) is 21.2 Å². The van der Waals surface area contributed by atoms with Gasteiger partial charge in [0, 0.05) is 25.4 Å². The van der Waals surface area contributed by atoms with Crippen LogP contribution in [0.2, 0.25) is 0 Å². The molecule has 0 spiro atoms. The summed E-state index contributed by atoms with van der Waals surface area (Å²) in [5, 5.41) is 13.8. The monoisotopic (exact) mass is 378 g/mol. The maximum atomic E-state index is 12.8. The highest BCUT2D eigenvalue weighted by molar-refractivity contribution is 7.93. The highest BCUT2D eigenvalue weighted by atomic mass is 32.2. The van der Waals surface area contributed by atoms with E-state index in [0.717, 1.165) is 17.4 Å². The fourth-order valence-corrected chi connectivity index (χ4v) is 4.77. The van der Waals surface area contributed by atoms with Crippen LogP contribution in [-0.4, -0.2) is 34.3 Å². The van der Waals surface area contributed by atoms with Crippen LogP contribution in [0.25, 0.3) is 11.1 Å². The van der Waals surface area contributed by atoms with Gasteiger partial charge in [0.1, 0.15) is 9.22 Å². The Balaban J connectivity index is 2.17. The molecule has 0 amide bonds. The molecule has 2 aromatic heterocycles. The molecule has 25 heavy (non-hydrogen) atoms. The summed E-state index contributed by atoms with van der Waals surface area (Å²) in [5.41, 5.74) is 6.43. The number of carboxylic acid groups (broad SMARTS) is 1. The van der Waals surface area contributed by atoms with E-state index in [2.05, 4.69) is 10.1 Å². The van der Waals surface area contributed by atoms with E-state index in [4.69, 9.17) is 5.73 Å². The number of carbonyl (C=O) groups is 1. The molecule has 0 fully saturated rings. The van der Waals surface area contributed by atoms with Crippen molar-refractivity contribution in [3.8, 4) is 11.1 Å². The molecule has 10 heteroatoms. The molecule has 3 aromatic rings. The number of carboxylic acids is 1. The van der Waals surface area contributed by atoms with Crippen molar-refractivity contribution in [3.63, 3.8) is 0 Å². The quantitative estimate of drug-likeness (QED) is 0.689. The molecular formula is C15H14N4O4S2. The summed E-state index contributed by atoms with van der Waals surface area (Å²) in [7, 11) is -2.18. The number of sulfone groups is 1. The Morgan fingerprint density at radius 2 is 2.04 bits per heavy atom. The predicted molar refractivity (Wildman–Crippen MR) is 91.1 cm³/mol. The molecule has 2 heterocycles. The summed E-state index contributed by atoms with van der Waals surface area (Å²) in [6.45, 7) is 0.135. The van der Waals surface area contributed by atoms with Gasteiger partial charge in [0.25, 0.3) is 0 Å². The van der Waals surface area contributed by atoms with Crippen molar-refractivity contribution in [1.82, 2.24) is 14.8 Å². The lowest BCUT2D eigenvalue weighted by Gasteiger charge is -2.07. The largest absolute Gasteiger partial charge is 0.478 e. The van der Waals surface area contributed by atoms with Crippen molar-refractivity contribution in [1.29, 1.82) is 0 Å². The fraction of sp³-hybridized carbons (Fsp3) is 0.133. The minimum atomic E-state index is -3.90. The molecule has 0 saturated carbocycles. The van der Waals surface area contributed by atoms with Crippen molar-refractivity contribution in [3.05, 3.63) is 47.4 Å². The second kappa shape index (κ2) is 6.39. The number of hydrogen-bond acceptors (Lipinski definition) is 7. The summed E-state index contributed by atoms with van der Waals surface area (Å²) < 4.78 is 27.3. The molecule has 3 N–H and O–H groups in total. The standard InChI is InChI=1S/C15H14N4O4S2/c1-19-8-11(6-18-19)9-2-10(15(20)21)4-12(3-9)25(22,23)14-7-17-13(5-16)24-14/h2-4,6-8H,5,16H2,1H3,(H,20,21). The Labute approximate surface area is 147 Å². The Morgan fingerprint density at radius 3 is 2.60 bits per heavy atom.